The topological polar surface area (TPSA) is 0 Å². The van der Waals surface area contributed by atoms with Gasteiger partial charge < -0.3 is 0 Å². The highest BCUT2D eigenvalue weighted by Gasteiger charge is 2.52. The van der Waals surface area contributed by atoms with E-state index in [9.17, 15) is 0 Å². The zero-order chi connectivity index (χ0) is 8.66. The maximum Gasteiger partial charge on any atom is -0.0255 e. The Hall–Kier alpha value is 0.430. The second-order valence-corrected chi connectivity index (χ2v) is 6.12. The van der Waals surface area contributed by atoms with Crippen LogP contribution in [0.25, 0.3) is 0 Å². The monoisotopic (exact) mass is 184 g/mol. The molecule has 0 radical (unpaired) electrons. The van der Waals surface area contributed by atoms with Crippen molar-refractivity contribution in [1.29, 1.82) is 0 Å². The van der Waals surface area contributed by atoms with Gasteiger partial charge in [-0.05, 0) is 55.8 Å². The first kappa shape index (κ1) is 9.00. The molecule has 0 aromatic heterocycles. The Morgan fingerprint density at radius 3 is 2.08 bits per heavy atom. The van der Waals surface area contributed by atoms with Gasteiger partial charge in [0.25, 0.3) is 0 Å². The predicted molar refractivity (Wildman–Crippen MR) is 57.3 cm³/mol. The van der Waals surface area contributed by atoms with E-state index in [0.717, 1.165) is 10.8 Å². The molecule has 2 aliphatic carbocycles. The summed E-state index contributed by atoms with van der Waals surface area (Å²) in [6, 6.07) is 0. The van der Waals surface area contributed by atoms with Crippen LogP contribution in [0.2, 0.25) is 0 Å². The molecule has 1 atom stereocenters. The van der Waals surface area contributed by atoms with Crippen LogP contribution in [0.5, 0.6) is 0 Å². The molecule has 12 heavy (non-hydrogen) atoms. The van der Waals surface area contributed by atoms with Gasteiger partial charge in [0, 0.05) is 0 Å². The standard InChI is InChI=1S/C11H21P/c1-3-10-4-6-11(8-10,7-5-10)9-12-2/h12H,3-9H2,1-2H3. The first-order valence-electron chi connectivity index (χ1n) is 5.39. The minimum absolute atomic E-state index is 0.819. The zero-order valence-corrected chi connectivity index (χ0v) is 9.45. The minimum atomic E-state index is 0.819. The quantitative estimate of drug-likeness (QED) is 0.587. The summed E-state index contributed by atoms with van der Waals surface area (Å²) in [5.41, 5.74) is 1.66. The highest BCUT2D eigenvalue weighted by molar-refractivity contribution is 7.37. The van der Waals surface area contributed by atoms with Crippen LogP contribution in [-0.2, 0) is 0 Å². The van der Waals surface area contributed by atoms with Gasteiger partial charge in [0.15, 0.2) is 0 Å². The average Bonchev–Trinajstić information content (AvgIpc) is 2.61. The smallest absolute Gasteiger partial charge is 0.0255 e. The lowest BCUT2D eigenvalue weighted by molar-refractivity contribution is 0.277. The molecule has 1 unspecified atom stereocenters. The number of rotatable bonds is 3. The van der Waals surface area contributed by atoms with Gasteiger partial charge in [-0.3, -0.25) is 0 Å². The van der Waals surface area contributed by atoms with Gasteiger partial charge in [0.05, 0.1) is 0 Å². The third kappa shape index (κ3) is 1.23. The molecule has 0 aliphatic heterocycles. The molecular formula is C11H21P. The molecule has 2 rings (SSSR count). The molecule has 0 N–H and O–H groups in total. The molecule has 2 saturated carbocycles. The van der Waals surface area contributed by atoms with Crippen molar-refractivity contribution in [2.24, 2.45) is 10.8 Å². The molecule has 2 fully saturated rings. The Morgan fingerprint density at radius 1 is 1.08 bits per heavy atom. The SMILES string of the molecule is CCC12CCC(CPC)(CC1)C2. The molecule has 70 valence electrons. The maximum atomic E-state index is 2.40. The predicted octanol–water partition coefficient (Wildman–Crippen LogP) is 3.66. The molecule has 2 aliphatic rings. The summed E-state index contributed by atoms with van der Waals surface area (Å²) in [4.78, 5) is 0. The molecule has 0 nitrogen and oxygen atoms in total. The van der Waals surface area contributed by atoms with E-state index in [-0.39, 0.29) is 0 Å². The van der Waals surface area contributed by atoms with Crippen molar-refractivity contribution in [2.45, 2.75) is 45.4 Å². The van der Waals surface area contributed by atoms with Crippen LogP contribution in [0, 0.1) is 10.8 Å². The first-order valence-corrected chi connectivity index (χ1v) is 7.10. The third-order valence-corrected chi connectivity index (χ3v) is 5.53. The van der Waals surface area contributed by atoms with Crippen LogP contribution in [0.4, 0.5) is 0 Å². The van der Waals surface area contributed by atoms with E-state index in [1.807, 2.05) is 0 Å². The zero-order valence-electron chi connectivity index (χ0n) is 8.45. The maximum absolute atomic E-state index is 2.40. The van der Waals surface area contributed by atoms with Gasteiger partial charge in [0.1, 0.15) is 0 Å². The van der Waals surface area contributed by atoms with Crippen molar-refractivity contribution in [3.63, 3.8) is 0 Å². The minimum Gasteiger partial charge on any atom is -0.125 e. The van der Waals surface area contributed by atoms with E-state index in [1.165, 1.54) is 21.2 Å². The van der Waals surface area contributed by atoms with Crippen molar-refractivity contribution < 1.29 is 0 Å². The van der Waals surface area contributed by atoms with E-state index in [0.29, 0.717) is 0 Å². The molecule has 0 saturated heterocycles. The molecule has 1 heteroatoms. The highest BCUT2D eigenvalue weighted by atomic mass is 31.1. The van der Waals surface area contributed by atoms with Gasteiger partial charge in [-0.1, -0.05) is 13.3 Å². The normalized spacial score (nSPS) is 46.5. The Morgan fingerprint density at radius 2 is 1.67 bits per heavy atom. The van der Waals surface area contributed by atoms with Crippen LogP contribution in [0.3, 0.4) is 0 Å². The van der Waals surface area contributed by atoms with Gasteiger partial charge >= 0.3 is 0 Å². The summed E-state index contributed by atoms with van der Waals surface area (Å²) >= 11 is 0. The van der Waals surface area contributed by atoms with Gasteiger partial charge in [-0.25, -0.2) is 0 Å². The Kier molecular flexibility index (Phi) is 2.24. The fourth-order valence-electron chi connectivity index (χ4n) is 3.55. The summed E-state index contributed by atoms with van der Waals surface area (Å²) in [7, 11) is 1.18. The molecule has 2 bridgehead atoms. The lowest BCUT2D eigenvalue weighted by Crippen LogP contribution is -2.16. The average molecular weight is 184 g/mol. The molecule has 0 aromatic rings. The summed E-state index contributed by atoms with van der Waals surface area (Å²) in [6.45, 7) is 4.77. The van der Waals surface area contributed by atoms with Crippen molar-refractivity contribution >= 4 is 8.58 Å². The molecule has 0 amide bonds. The van der Waals surface area contributed by atoms with Crippen LogP contribution < -0.4 is 0 Å². The first-order chi connectivity index (χ1) is 5.74. The van der Waals surface area contributed by atoms with E-state index in [1.54, 1.807) is 32.1 Å². The number of fused-ring (bicyclic) bond motifs is 2. The fraction of sp³-hybridized carbons (Fsp3) is 1.00. The molecule has 0 spiro atoms. The number of hydrogen-bond donors (Lipinski definition) is 0. The lowest BCUT2D eigenvalue weighted by Gasteiger charge is -2.26. The third-order valence-electron chi connectivity index (χ3n) is 4.42. The van der Waals surface area contributed by atoms with Crippen molar-refractivity contribution in [2.75, 3.05) is 12.8 Å². The summed E-state index contributed by atoms with van der Waals surface area (Å²) in [6.07, 6.45) is 10.8. The van der Waals surface area contributed by atoms with Crippen molar-refractivity contribution in [1.82, 2.24) is 0 Å². The molecular weight excluding hydrogens is 163 g/mol. The summed E-state index contributed by atoms with van der Waals surface area (Å²) in [5, 5.41) is 0. The van der Waals surface area contributed by atoms with Crippen LogP contribution in [0.15, 0.2) is 0 Å². The Balaban J connectivity index is 2.07. The van der Waals surface area contributed by atoms with E-state index in [2.05, 4.69) is 13.6 Å². The van der Waals surface area contributed by atoms with Crippen LogP contribution >= 0.6 is 8.58 Å². The second kappa shape index (κ2) is 2.98. The molecule has 0 aromatic carbocycles. The van der Waals surface area contributed by atoms with Gasteiger partial charge in [-0.2, -0.15) is 0 Å². The van der Waals surface area contributed by atoms with E-state index < -0.39 is 0 Å². The Labute approximate surface area is 78.3 Å². The summed E-state index contributed by atoms with van der Waals surface area (Å²) < 4.78 is 0. The van der Waals surface area contributed by atoms with E-state index in [4.69, 9.17) is 0 Å². The van der Waals surface area contributed by atoms with Crippen LogP contribution in [0.1, 0.15) is 45.4 Å². The van der Waals surface area contributed by atoms with Gasteiger partial charge in [-0.15, -0.1) is 8.58 Å². The van der Waals surface area contributed by atoms with Gasteiger partial charge in [0.2, 0.25) is 0 Å². The van der Waals surface area contributed by atoms with E-state index >= 15 is 0 Å². The lowest BCUT2D eigenvalue weighted by atomic mass is 9.81. The van der Waals surface area contributed by atoms with Crippen LogP contribution in [-0.4, -0.2) is 12.8 Å². The second-order valence-electron chi connectivity index (χ2n) is 5.06. The Bertz CT molecular complexity index is 166. The fourth-order valence-corrected chi connectivity index (χ4v) is 4.78. The number of hydrogen-bond acceptors (Lipinski definition) is 0. The largest absolute Gasteiger partial charge is 0.125 e. The molecule has 0 heterocycles. The van der Waals surface area contributed by atoms with Crippen molar-refractivity contribution in [3.8, 4) is 0 Å². The summed E-state index contributed by atoms with van der Waals surface area (Å²) in [5.74, 6) is 0. The highest BCUT2D eigenvalue weighted by Crippen LogP contribution is 2.63. The van der Waals surface area contributed by atoms with Crippen molar-refractivity contribution in [3.05, 3.63) is 0 Å².